The molecule has 2 fully saturated rings. The molecule has 18 heteroatoms. The summed E-state index contributed by atoms with van der Waals surface area (Å²) in [5.74, 6) is -0.857. The molecule has 0 spiro atoms. The van der Waals surface area contributed by atoms with E-state index < -0.39 is 96.8 Å². The molecule has 56 heavy (non-hydrogen) atoms. The molecule has 10 atom stereocenters. The van der Waals surface area contributed by atoms with Crippen LogP contribution in [-0.2, 0) is 77.1 Å². The third kappa shape index (κ3) is 12.2. The quantitative estimate of drug-likeness (QED) is 0.106. The fourth-order valence-corrected chi connectivity index (χ4v) is 6.92. The van der Waals surface area contributed by atoms with Gasteiger partial charge in [0.1, 0.15) is 48.4 Å². The predicted octanol–water partition coefficient (Wildman–Crippen LogP) is 1.83. The van der Waals surface area contributed by atoms with Gasteiger partial charge in [-0.25, -0.2) is 4.18 Å². The van der Waals surface area contributed by atoms with E-state index in [0.29, 0.717) is 11.3 Å². The summed E-state index contributed by atoms with van der Waals surface area (Å²) in [5.41, 5.74) is 2.24. The monoisotopic (exact) mass is 805 g/mol. The number of hydrogen-bond donors (Lipinski definition) is 4. The van der Waals surface area contributed by atoms with Crippen LogP contribution in [0.5, 0.6) is 5.75 Å². The van der Waals surface area contributed by atoms with E-state index in [-0.39, 0.29) is 19.8 Å². The summed E-state index contributed by atoms with van der Waals surface area (Å²) in [7, 11) is -3.74. The van der Waals surface area contributed by atoms with Crippen LogP contribution in [0.2, 0.25) is 0 Å². The highest BCUT2D eigenvalue weighted by Gasteiger charge is 2.55. The largest absolute Gasteiger partial charge is 0.497 e. The van der Waals surface area contributed by atoms with Crippen LogP contribution < -0.4 is 10.1 Å². The highest BCUT2D eigenvalue weighted by Crippen LogP contribution is 2.35. The zero-order valence-corrected chi connectivity index (χ0v) is 31.8. The summed E-state index contributed by atoms with van der Waals surface area (Å²) in [6.07, 6.45) is -13.4. The van der Waals surface area contributed by atoms with Gasteiger partial charge in [0.25, 0.3) is 0 Å². The molecule has 3 aromatic carbocycles. The molecule has 1 amide bonds. The second kappa shape index (κ2) is 20.4. The van der Waals surface area contributed by atoms with Crippen molar-refractivity contribution >= 4 is 22.3 Å². The molecular weight excluding hydrogens is 758 g/mol. The summed E-state index contributed by atoms with van der Waals surface area (Å²) in [4.78, 5) is 25.1. The van der Waals surface area contributed by atoms with Crippen LogP contribution in [0.25, 0.3) is 0 Å². The Morgan fingerprint density at radius 3 is 1.88 bits per heavy atom. The van der Waals surface area contributed by atoms with E-state index in [0.717, 1.165) is 25.0 Å². The molecule has 2 aliphatic heterocycles. The lowest BCUT2D eigenvalue weighted by Gasteiger charge is -2.49. The summed E-state index contributed by atoms with van der Waals surface area (Å²) in [6.45, 7) is 1.27. The van der Waals surface area contributed by atoms with Gasteiger partial charge in [0.2, 0.25) is 5.91 Å². The van der Waals surface area contributed by atoms with Crippen molar-refractivity contribution in [2.24, 2.45) is 0 Å². The minimum atomic E-state index is -5.26. The number of aliphatic hydroxyl groups excluding tert-OH is 2. The molecule has 17 nitrogen and oxygen atoms in total. The number of carbonyl (C=O) groups is 2. The topological polar surface area (TPSA) is 224 Å². The smallest absolute Gasteiger partial charge is 0.397 e. The molecule has 0 saturated carbocycles. The normalized spacial score (nSPS) is 28.0. The first-order valence-corrected chi connectivity index (χ1v) is 19.1. The lowest BCUT2D eigenvalue weighted by Crippen LogP contribution is -2.69. The van der Waals surface area contributed by atoms with Gasteiger partial charge in [0.15, 0.2) is 18.7 Å². The molecule has 2 aliphatic rings. The average molecular weight is 806 g/mol. The van der Waals surface area contributed by atoms with Crippen molar-refractivity contribution in [3.8, 4) is 5.75 Å². The third-order valence-electron chi connectivity index (χ3n) is 8.91. The molecule has 2 saturated heterocycles. The Hall–Kier alpha value is -4.05. The lowest BCUT2D eigenvalue weighted by molar-refractivity contribution is -0.349. The van der Waals surface area contributed by atoms with Gasteiger partial charge in [-0.05, 0) is 28.8 Å². The number of methoxy groups -OCH3 is 1. The Morgan fingerprint density at radius 1 is 0.750 bits per heavy atom. The first-order chi connectivity index (χ1) is 26.8. The van der Waals surface area contributed by atoms with E-state index in [1.807, 2.05) is 60.7 Å². The number of amides is 1. The highest BCUT2D eigenvalue weighted by molar-refractivity contribution is 7.80. The van der Waals surface area contributed by atoms with E-state index in [4.69, 9.17) is 42.1 Å². The van der Waals surface area contributed by atoms with E-state index in [1.165, 1.54) is 7.11 Å². The van der Waals surface area contributed by atoms with Crippen LogP contribution in [0, 0.1) is 0 Å². The lowest BCUT2D eigenvalue weighted by atomic mass is 9.95. The molecule has 3 aromatic rings. The van der Waals surface area contributed by atoms with Gasteiger partial charge in [0.05, 0.1) is 40.1 Å². The van der Waals surface area contributed by atoms with Crippen molar-refractivity contribution < 1.29 is 74.9 Å². The minimum absolute atomic E-state index is 0.00242. The second-order valence-corrected chi connectivity index (χ2v) is 14.1. The molecule has 2 heterocycles. The first-order valence-electron chi connectivity index (χ1n) is 17.7. The van der Waals surface area contributed by atoms with E-state index in [2.05, 4.69) is 5.32 Å². The number of carbonyl (C=O) groups excluding carboxylic acids is 2. The first kappa shape index (κ1) is 43.1. The number of ether oxygens (including phenoxy) is 8. The Labute approximate surface area is 324 Å². The fourth-order valence-electron chi connectivity index (χ4n) is 6.41. The van der Waals surface area contributed by atoms with Crippen molar-refractivity contribution in [3.63, 3.8) is 0 Å². The van der Waals surface area contributed by atoms with E-state index >= 15 is 0 Å². The van der Waals surface area contributed by atoms with Gasteiger partial charge in [0, 0.05) is 13.8 Å². The van der Waals surface area contributed by atoms with Gasteiger partial charge in [-0.2, -0.15) is 8.42 Å². The van der Waals surface area contributed by atoms with Crippen LogP contribution in [0.4, 0.5) is 0 Å². The van der Waals surface area contributed by atoms with Crippen LogP contribution >= 0.6 is 0 Å². The molecule has 306 valence electrons. The number of hydrogen-bond acceptors (Lipinski definition) is 15. The summed E-state index contributed by atoms with van der Waals surface area (Å²) in [5, 5.41) is 24.3. The molecule has 0 unspecified atom stereocenters. The van der Waals surface area contributed by atoms with Gasteiger partial charge in [-0.3, -0.25) is 14.1 Å². The van der Waals surface area contributed by atoms with Crippen LogP contribution in [0.1, 0.15) is 30.5 Å². The molecule has 5 rings (SSSR count). The summed E-state index contributed by atoms with van der Waals surface area (Å²) < 4.78 is 87.3. The van der Waals surface area contributed by atoms with Crippen molar-refractivity contribution in [2.45, 2.75) is 95.0 Å². The standard InChI is InChI=1S/C38H47NO16S/c1-23(41)39-31-34(33(55-56(44,45)46)30(52-37(31)43)22-48-19-27-14-16-28(47-3)17-15-27)54-38-36(51-24(2)42)35(50-21-26-12-8-5-9-13-26)32(29(18-40)53-38)49-20-25-10-6-4-7-11-25/h4-17,29-38,40,43H,18-22H2,1-3H3,(H,39,41)(H,44,45,46)/t29-,30-,31-,32-,33+,34-,35+,36-,37-,38+/m1/s1. The fraction of sp³-hybridized carbons (Fsp3) is 0.474. The van der Waals surface area contributed by atoms with Crippen molar-refractivity contribution in [3.05, 3.63) is 102 Å². The van der Waals surface area contributed by atoms with E-state index in [9.17, 15) is 32.8 Å². The SMILES string of the molecule is COc1ccc(COC[C@H]2O[C@@H](O)[C@H](NC(C)=O)[C@@H](O[C@@H]3O[C@H](CO)[C@@H](OCc4ccccc4)[C@H](OCc4ccccc4)[C@H]3OC(C)=O)[C@H]2OS(=O)(=O)O)cc1. The molecule has 0 aliphatic carbocycles. The number of benzene rings is 3. The van der Waals surface area contributed by atoms with Gasteiger partial charge < -0.3 is 53.4 Å². The Bertz CT molecular complexity index is 1780. The van der Waals surface area contributed by atoms with Crippen LogP contribution in [0.15, 0.2) is 84.9 Å². The summed E-state index contributed by atoms with van der Waals surface area (Å²) in [6, 6.07) is 23.6. The average Bonchev–Trinajstić information content (AvgIpc) is 3.17. The van der Waals surface area contributed by atoms with Crippen LogP contribution in [0.3, 0.4) is 0 Å². The Balaban J connectivity index is 1.48. The molecule has 0 aromatic heterocycles. The molecule has 0 radical (unpaired) electrons. The number of rotatable bonds is 18. The maximum absolute atomic E-state index is 12.7. The van der Waals surface area contributed by atoms with Crippen LogP contribution in [-0.4, -0.2) is 117 Å². The Morgan fingerprint density at radius 2 is 1.34 bits per heavy atom. The third-order valence-corrected chi connectivity index (χ3v) is 9.38. The minimum Gasteiger partial charge on any atom is -0.497 e. The molecular formula is C38H47NO16S. The summed E-state index contributed by atoms with van der Waals surface area (Å²) >= 11 is 0. The zero-order valence-electron chi connectivity index (χ0n) is 30.9. The van der Waals surface area contributed by atoms with Gasteiger partial charge in [-0.15, -0.1) is 0 Å². The van der Waals surface area contributed by atoms with Crippen molar-refractivity contribution in [1.29, 1.82) is 0 Å². The number of esters is 1. The zero-order chi connectivity index (χ0) is 40.2. The number of aliphatic hydroxyl groups is 2. The van der Waals surface area contributed by atoms with E-state index in [1.54, 1.807) is 24.3 Å². The van der Waals surface area contributed by atoms with Crippen molar-refractivity contribution in [1.82, 2.24) is 5.32 Å². The molecule has 4 N–H and O–H groups in total. The highest BCUT2D eigenvalue weighted by atomic mass is 32.3. The number of nitrogens with one attached hydrogen (secondary N) is 1. The maximum atomic E-state index is 12.7. The van der Waals surface area contributed by atoms with Crippen molar-refractivity contribution in [2.75, 3.05) is 20.3 Å². The Kier molecular flexibility index (Phi) is 15.7. The predicted molar refractivity (Wildman–Crippen MR) is 194 cm³/mol. The van der Waals surface area contributed by atoms with Gasteiger partial charge >= 0.3 is 16.4 Å². The second-order valence-electron chi connectivity index (χ2n) is 13.1. The van der Waals surface area contributed by atoms with Gasteiger partial charge in [-0.1, -0.05) is 72.8 Å². The maximum Gasteiger partial charge on any atom is 0.397 e. The molecule has 0 bridgehead atoms.